The summed E-state index contributed by atoms with van der Waals surface area (Å²) in [5, 5.41) is 7.38. The molecule has 1 atom stereocenters. The van der Waals surface area contributed by atoms with Crippen LogP contribution < -0.4 is 5.32 Å². The number of benzene rings is 1. The van der Waals surface area contributed by atoms with Crippen LogP contribution in [0.2, 0.25) is 0 Å². The summed E-state index contributed by atoms with van der Waals surface area (Å²) < 4.78 is 7.16. The lowest BCUT2D eigenvalue weighted by atomic mass is 10.1. The number of aromatic nitrogens is 2. The van der Waals surface area contributed by atoms with Crippen LogP contribution in [-0.2, 0) is 16.1 Å². The molecule has 3 rings (SSSR count). The van der Waals surface area contributed by atoms with Crippen LogP contribution in [-0.4, -0.2) is 53.4 Å². The van der Waals surface area contributed by atoms with Crippen molar-refractivity contribution in [2.45, 2.75) is 12.6 Å². The van der Waals surface area contributed by atoms with E-state index in [0.717, 1.165) is 18.7 Å². The summed E-state index contributed by atoms with van der Waals surface area (Å²) in [7, 11) is 0. The molecule has 0 unspecified atom stereocenters. The molecule has 1 amide bonds. The first-order chi connectivity index (χ1) is 11.3. The van der Waals surface area contributed by atoms with E-state index < -0.39 is 0 Å². The van der Waals surface area contributed by atoms with Gasteiger partial charge in [-0.2, -0.15) is 5.10 Å². The number of rotatable bonds is 6. The van der Waals surface area contributed by atoms with Gasteiger partial charge in [0.2, 0.25) is 5.91 Å². The molecule has 1 aromatic heterocycles. The highest BCUT2D eigenvalue weighted by molar-refractivity contribution is 5.78. The third-order valence-electron chi connectivity index (χ3n) is 3.94. The molecule has 1 N–H and O–H groups in total. The van der Waals surface area contributed by atoms with Gasteiger partial charge in [0, 0.05) is 25.5 Å². The van der Waals surface area contributed by atoms with E-state index in [2.05, 4.69) is 15.3 Å². The third kappa shape index (κ3) is 4.64. The predicted molar refractivity (Wildman–Crippen MR) is 86.8 cm³/mol. The van der Waals surface area contributed by atoms with Gasteiger partial charge >= 0.3 is 0 Å². The first-order valence-corrected chi connectivity index (χ1v) is 7.93. The number of hydrogen-bond acceptors (Lipinski definition) is 4. The minimum Gasteiger partial charge on any atom is -0.379 e. The molecule has 122 valence electrons. The quantitative estimate of drug-likeness (QED) is 0.866. The Balaban J connectivity index is 1.64. The van der Waals surface area contributed by atoms with E-state index in [1.54, 1.807) is 6.20 Å². The molecule has 0 saturated carbocycles. The van der Waals surface area contributed by atoms with Crippen LogP contribution in [0.15, 0.2) is 48.8 Å². The molecule has 6 nitrogen and oxygen atoms in total. The normalized spacial score (nSPS) is 16.9. The summed E-state index contributed by atoms with van der Waals surface area (Å²) in [6.07, 6.45) is 3.65. The number of carbonyl (C=O) groups is 1. The van der Waals surface area contributed by atoms with Gasteiger partial charge in [-0.1, -0.05) is 30.3 Å². The van der Waals surface area contributed by atoms with Gasteiger partial charge in [0.25, 0.3) is 0 Å². The molecule has 1 fully saturated rings. The molecule has 1 aliphatic heterocycles. The zero-order valence-corrected chi connectivity index (χ0v) is 13.1. The highest BCUT2D eigenvalue weighted by Crippen LogP contribution is 2.14. The van der Waals surface area contributed by atoms with E-state index >= 15 is 0 Å². The number of hydrogen-bond donors (Lipinski definition) is 1. The van der Waals surface area contributed by atoms with Crippen molar-refractivity contribution in [3.8, 4) is 0 Å². The first-order valence-electron chi connectivity index (χ1n) is 7.93. The smallest absolute Gasteiger partial charge is 0.234 e. The molecule has 0 spiro atoms. The number of nitrogens with zero attached hydrogens (tertiary/aromatic N) is 3. The van der Waals surface area contributed by atoms with Crippen molar-refractivity contribution < 1.29 is 9.53 Å². The van der Waals surface area contributed by atoms with Crippen molar-refractivity contribution in [3.63, 3.8) is 0 Å². The fraction of sp³-hybridized carbons (Fsp3) is 0.412. The van der Waals surface area contributed by atoms with Gasteiger partial charge in [0.05, 0.1) is 32.3 Å². The fourth-order valence-electron chi connectivity index (χ4n) is 2.72. The van der Waals surface area contributed by atoms with E-state index in [1.807, 2.05) is 47.3 Å². The van der Waals surface area contributed by atoms with Crippen molar-refractivity contribution in [2.24, 2.45) is 0 Å². The van der Waals surface area contributed by atoms with Gasteiger partial charge in [-0.05, 0) is 11.6 Å². The monoisotopic (exact) mass is 314 g/mol. The number of amides is 1. The third-order valence-corrected chi connectivity index (χ3v) is 3.94. The zero-order valence-electron chi connectivity index (χ0n) is 13.1. The second kappa shape index (κ2) is 7.89. The van der Waals surface area contributed by atoms with Crippen LogP contribution in [0.1, 0.15) is 11.6 Å². The summed E-state index contributed by atoms with van der Waals surface area (Å²) >= 11 is 0. The lowest BCUT2D eigenvalue weighted by Gasteiger charge is -2.27. The summed E-state index contributed by atoms with van der Waals surface area (Å²) in [6, 6.07) is 11.8. The predicted octanol–water partition coefficient (Wildman–Crippen LogP) is 1.07. The number of carbonyl (C=O) groups excluding carboxylic acids is 1. The van der Waals surface area contributed by atoms with Crippen molar-refractivity contribution in [2.75, 3.05) is 32.8 Å². The van der Waals surface area contributed by atoms with E-state index in [9.17, 15) is 4.79 Å². The Hall–Kier alpha value is -2.18. The minimum atomic E-state index is -0.0929. The molecule has 6 heteroatoms. The first kappa shape index (κ1) is 15.7. The number of ether oxygens (including phenoxy) is 1. The Morgan fingerprint density at radius 1 is 1.22 bits per heavy atom. The summed E-state index contributed by atoms with van der Waals surface area (Å²) in [5.74, 6) is 0.0351. The van der Waals surface area contributed by atoms with Crippen LogP contribution in [0.3, 0.4) is 0 Å². The van der Waals surface area contributed by atoms with E-state index in [1.165, 1.54) is 0 Å². The lowest BCUT2D eigenvalue weighted by molar-refractivity contribution is -0.124. The maximum Gasteiger partial charge on any atom is 0.234 e. The molecule has 1 aromatic carbocycles. The van der Waals surface area contributed by atoms with Crippen molar-refractivity contribution in [1.29, 1.82) is 0 Å². The molecule has 2 aromatic rings. The lowest BCUT2D eigenvalue weighted by Crippen LogP contribution is -2.44. The van der Waals surface area contributed by atoms with E-state index in [0.29, 0.717) is 26.3 Å². The molecule has 0 bridgehead atoms. The Labute approximate surface area is 136 Å². The highest BCUT2D eigenvalue weighted by Gasteiger charge is 2.19. The van der Waals surface area contributed by atoms with Gasteiger partial charge in [-0.15, -0.1) is 0 Å². The Bertz CT molecular complexity index is 594. The van der Waals surface area contributed by atoms with Crippen LogP contribution in [0.5, 0.6) is 0 Å². The van der Waals surface area contributed by atoms with Gasteiger partial charge in [0.15, 0.2) is 0 Å². The number of morpholine rings is 1. The van der Waals surface area contributed by atoms with Crippen LogP contribution in [0.25, 0.3) is 0 Å². The fourth-order valence-corrected chi connectivity index (χ4v) is 2.72. The standard InChI is InChI=1S/C17H22N4O2/c22-17(14-20-9-11-23-12-10-20)19-16(13-21-8-4-7-18-21)15-5-2-1-3-6-15/h1-8,16H,9-14H2,(H,19,22)/t16-/m0/s1. The average Bonchev–Trinajstić information content (AvgIpc) is 3.09. The van der Waals surface area contributed by atoms with Crippen LogP contribution in [0, 0.1) is 0 Å². The molecular weight excluding hydrogens is 292 g/mol. The summed E-state index contributed by atoms with van der Waals surface area (Å²) in [6.45, 7) is 4.04. The average molecular weight is 314 g/mol. The van der Waals surface area contributed by atoms with Gasteiger partial charge in [0.1, 0.15) is 0 Å². The van der Waals surface area contributed by atoms with Gasteiger partial charge < -0.3 is 10.1 Å². The molecule has 2 heterocycles. The number of nitrogens with one attached hydrogen (secondary N) is 1. The maximum atomic E-state index is 12.4. The Kier molecular flexibility index (Phi) is 5.39. The SMILES string of the molecule is O=C(CN1CCOCC1)N[C@@H](Cn1cccn1)c1ccccc1. The Morgan fingerprint density at radius 2 is 2.00 bits per heavy atom. The minimum absolute atomic E-state index is 0.0351. The van der Waals surface area contributed by atoms with E-state index in [-0.39, 0.29) is 11.9 Å². The summed E-state index contributed by atoms with van der Waals surface area (Å²) in [5.41, 5.74) is 1.08. The van der Waals surface area contributed by atoms with Crippen molar-refractivity contribution >= 4 is 5.91 Å². The largest absolute Gasteiger partial charge is 0.379 e. The van der Waals surface area contributed by atoms with Gasteiger partial charge in [-0.25, -0.2) is 0 Å². The molecule has 0 radical (unpaired) electrons. The topological polar surface area (TPSA) is 59.4 Å². The molecular formula is C17H22N4O2. The molecule has 0 aliphatic carbocycles. The maximum absolute atomic E-state index is 12.4. The highest BCUT2D eigenvalue weighted by atomic mass is 16.5. The van der Waals surface area contributed by atoms with Crippen LogP contribution in [0.4, 0.5) is 0 Å². The second-order valence-corrected chi connectivity index (χ2v) is 5.65. The Morgan fingerprint density at radius 3 is 2.70 bits per heavy atom. The molecule has 1 saturated heterocycles. The molecule has 1 aliphatic rings. The van der Waals surface area contributed by atoms with E-state index in [4.69, 9.17) is 4.74 Å². The zero-order chi connectivity index (χ0) is 15.9. The summed E-state index contributed by atoms with van der Waals surface area (Å²) in [4.78, 5) is 14.5. The second-order valence-electron chi connectivity index (χ2n) is 5.65. The van der Waals surface area contributed by atoms with Crippen molar-refractivity contribution in [3.05, 3.63) is 54.4 Å². The van der Waals surface area contributed by atoms with Crippen molar-refractivity contribution in [1.82, 2.24) is 20.0 Å². The van der Waals surface area contributed by atoms with Crippen LogP contribution >= 0.6 is 0 Å². The molecule has 23 heavy (non-hydrogen) atoms. The van der Waals surface area contributed by atoms with Gasteiger partial charge in [-0.3, -0.25) is 14.4 Å².